The summed E-state index contributed by atoms with van der Waals surface area (Å²) in [4.78, 5) is 12.1. The zero-order valence-electron chi connectivity index (χ0n) is 14.0. The number of carbonyl (C=O) groups excluding carboxylic acids is 1. The highest BCUT2D eigenvalue weighted by Gasteiger charge is 2.18. The molecule has 0 radical (unpaired) electrons. The summed E-state index contributed by atoms with van der Waals surface area (Å²) in [7, 11) is 0. The number of rotatable bonds is 6. The number of hydrogen-bond donors (Lipinski definition) is 1. The summed E-state index contributed by atoms with van der Waals surface area (Å²) in [6, 6.07) is 5.22. The minimum atomic E-state index is -0.136. The first-order valence-electron chi connectivity index (χ1n) is 7.62. The quantitative estimate of drug-likeness (QED) is 0.707. The van der Waals surface area contributed by atoms with Gasteiger partial charge in [-0.2, -0.15) is 0 Å². The monoisotopic (exact) mass is 386 g/mol. The normalized spacial score (nSPS) is 11.3. The second-order valence-corrected chi connectivity index (χ2v) is 7.68. The Kier molecular flexibility index (Phi) is 6.54. The Morgan fingerprint density at radius 2 is 1.92 bits per heavy atom. The lowest BCUT2D eigenvalue weighted by molar-refractivity contribution is -0.113. The van der Waals surface area contributed by atoms with E-state index in [1.54, 1.807) is 18.2 Å². The Bertz CT molecular complexity index is 731. The Morgan fingerprint density at radius 1 is 1.21 bits per heavy atom. The molecule has 1 aromatic carbocycles. The highest BCUT2D eigenvalue weighted by molar-refractivity contribution is 7.99. The molecular weight excluding hydrogens is 367 g/mol. The third kappa shape index (κ3) is 4.65. The van der Waals surface area contributed by atoms with Crippen LogP contribution in [0.15, 0.2) is 23.4 Å². The van der Waals surface area contributed by atoms with Gasteiger partial charge in [0.1, 0.15) is 5.82 Å². The molecule has 0 saturated heterocycles. The van der Waals surface area contributed by atoms with E-state index in [0.29, 0.717) is 15.7 Å². The van der Waals surface area contributed by atoms with Crippen molar-refractivity contribution in [1.82, 2.24) is 14.8 Å². The molecule has 0 fully saturated rings. The molecular formula is C16H20Cl2N4OS. The van der Waals surface area contributed by atoms with Crippen molar-refractivity contribution in [3.63, 3.8) is 0 Å². The minimum Gasteiger partial charge on any atom is -0.325 e. The number of hydrogen-bond acceptors (Lipinski definition) is 4. The fourth-order valence-corrected chi connectivity index (χ4v) is 3.34. The molecule has 0 spiro atoms. The molecule has 24 heavy (non-hydrogen) atoms. The fraction of sp³-hybridized carbons (Fsp3) is 0.438. The first kappa shape index (κ1) is 19.1. The average Bonchev–Trinajstić information content (AvgIpc) is 2.93. The SMILES string of the molecule is CC(C)c1nnc(SCC(=O)Nc2ccc(Cl)c(Cl)c2)n1C(C)C. The van der Waals surface area contributed by atoms with Crippen LogP contribution in [0.1, 0.15) is 45.5 Å². The number of benzene rings is 1. The molecule has 0 atom stereocenters. The van der Waals surface area contributed by atoms with Crippen molar-refractivity contribution in [2.45, 2.75) is 44.8 Å². The Morgan fingerprint density at radius 3 is 2.50 bits per heavy atom. The second-order valence-electron chi connectivity index (χ2n) is 5.92. The predicted octanol–water partition coefficient (Wildman–Crippen LogP) is 5.02. The average molecular weight is 387 g/mol. The third-order valence-corrected chi connectivity index (χ3v) is 4.94. The van der Waals surface area contributed by atoms with Crippen LogP contribution in [0.3, 0.4) is 0 Å². The number of anilines is 1. The van der Waals surface area contributed by atoms with E-state index in [1.807, 2.05) is 0 Å². The van der Waals surface area contributed by atoms with Gasteiger partial charge in [0, 0.05) is 17.6 Å². The molecule has 2 rings (SSSR count). The first-order valence-corrected chi connectivity index (χ1v) is 9.36. The number of amides is 1. The fourth-order valence-electron chi connectivity index (χ4n) is 2.17. The van der Waals surface area contributed by atoms with Crippen LogP contribution in [-0.4, -0.2) is 26.4 Å². The number of carbonyl (C=O) groups is 1. The van der Waals surface area contributed by atoms with E-state index in [4.69, 9.17) is 23.2 Å². The third-order valence-electron chi connectivity index (χ3n) is 3.26. The van der Waals surface area contributed by atoms with Gasteiger partial charge < -0.3 is 9.88 Å². The van der Waals surface area contributed by atoms with Crippen LogP contribution < -0.4 is 5.32 Å². The zero-order chi connectivity index (χ0) is 17.9. The van der Waals surface area contributed by atoms with Gasteiger partial charge in [-0.25, -0.2) is 0 Å². The van der Waals surface area contributed by atoms with Gasteiger partial charge in [-0.05, 0) is 32.0 Å². The maximum atomic E-state index is 12.1. The lowest BCUT2D eigenvalue weighted by Gasteiger charge is -2.15. The molecule has 1 amide bonds. The number of thioether (sulfide) groups is 1. The molecule has 1 aromatic heterocycles. The molecule has 5 nitrogen and oxygen atoms in total. The van der Waals surface area contributed by atoms with E-state index in [9.17, 15) is 4.79 Å². The zero-order valence-corrected chi connectivity index (χ0v) is 16.3. The largest absolute Gasteiger partial charge is 0.325 e. The highest BCUT2D eigenvalue weighted by atomic mass is 35.5. The summed E-state index contributed by atoms with van der Waals surface area (Å²) >= 11 is 13.2. The molecule has 1 heterocycles. The van der Waals surface area contributed by atoms with Gasteiger partial charge in [0.15, 0.2) is 5.16 Å². The van der Waals surface area contributed by atoms with Crippen molar-refractivity contribution in [3.05, 3.63) is 34.1 Å². The molecule has 0 aliphatic rings. The van der Waals surface area contributed by atoms with Gasteiger partial charge in [0.05, 0.1) is 15.8 Å². The van der Waals surface area contributed by atoms with Crippen LogP contribution >= 0.6 is 35.0 Å². The maximum absolute atomic E-state index is 12.1. The smallest absolute Gasteiger partial charge is 0.234 e. The lowest BCUT2D eigenvalue weighted by atomic mass is 10.2. The predicted molar refractivity (Wildman–Crippen MR) is 100 cm³/mol. The molecule has 0 bridgehead atoms. The van der Waals surface area contributed by atoms with Crippen LogP contribution in [0.4, 0.5) is 5.69 Å². The number of nitrogens with one attached hydrogen (secondary N) is 1. The molecule has 0 unspecified atom stereocenters. The van der Waals surface area contributed by atoms with Gasteiger partial charge in [-0.3, -0.25) is 4.79 Å². The van der Waals surface area contributed by atoms with Crippen LogP contribution in [0.25, 0.3) is 0 Å². The van der Waals surface area contributed by atoms with Crippen LogP contribution in [0, 0.1) is 0 Å². The van der Waals surface area contributed by atoms with E-state index in [0.717, 1.165) is 11.0 Å². The van der Waals surface area contributed by atoms with E-state index in [2.05, 4.69) is 47.8 Å². The van der Waals surface area contributed by atoms with Crippen molar-refractivity contribution in [2.75, 3.05) is 11.1 Å². The molecule has 8 heteroatoms. The van der Waals surface area contributed by atoms with Crippen LogP contribution in [-0.2, 0) is 4.79 Å². The van der Waals surface area contributed by atoms with Crippen molar-refractivity contribution in [1.29, 1.82) is 0 Å². The minimum absolute atomic E-state index is 0.136. The van der Waals surface area contributed by atoms with Gasteiger partial charge in [-0.15, -0.1) is 10.2 Å². The Hall–Kier alpha value is -1.24. The maximum Gasteiger partial charge on any atom is 0.234 e. The summed E-state index contributed by atoms with van der Waals surface area (Å²) in [6.07, 6.45) is 0. The van der Waals surface area contributed by atoms with Crippen LogP contribution in [0.2, 0.25) is 10.0 Å². The number of halogens is 2. The summed E-state index contributed by atoms with van der Waals surface area (Å²) in [5.74, 6) is 1.31. The van der Waals surface area contributed by atoms with Gasteiger partial charge in [-0.1, -0.05) is 48.8 Å². The van der Waals surface area contributed by atoms with Gasteiger partial charge in [0.25, 0.3) is 0 Å². The molecule has 1 N–H and O–H groups in total. The van der Waals surface area contributed by atoms with Crippen molar-refractivity contribution in [3.8, 4) is 0 Å². The molecule has 2 aromatic rings. The summed E-state index contributed by atoms with van der Waals surface area (Å²) in [6.45, 7) is 8.31. The highest BCUT2D eigenvalue weighted by Crippen LogP contribution is 2.27. The lowest BCUT2D eigenvalue weighted by Crippen LogP contribution is -2.15. The van der Waals surface area contributed by atoms with Crippen molar-refractivity contribution >= 4 is 46.6 Å². The summed E-state index contributed by atoms with van der Waals surface area (Å²) in [5.41, 5.74) is 0.614. The first-order chi connectivity index (χ1) is 11.3. The molecule has 0 aliphatic heterocycles. The molecule has 0 saturated carbocycles. The van der Waals surface area contributed by atoms with Crippen molar-refractivity contribution in [2.24, 2.45) is 0 Å². The van der Waals surface area contributed by atoms with E-state index >= 15 is 0 Å². The summed E-state index contributed by atoms with van der Waals surface area (Å²) < 4.78 is 2.07. The van der Waals surface area contributed by atoms with Gasteiger partial charge >= 0.3 is 0 Å². The van der Waals surface area contributed by atoms with Gasteiger partial charge in [0.2, 0.25) is 5.91 Å². The molecule has 0 aliphatic carbocycles. The number of nitrogens with zero attached hydrogens (tertiary/aromatic N) is 3. The van der Waals surface area contributed by atoms with E-state index in [-0.39, 0.29) is 23.6 Å². The number of aromatic nitrogens is 3. The Labute approximate surface area is 156 Å². The molecule has 130 valence electrons. The van der Waals surface area contributed by atoms with E-state index in [1.165, 1.54) is 11.8 Å². The topological polar surface area (TPSA) is 59.8 Å². The second kappa shape index (κ2) is 8.23. The van der Waals surface area contributed by atoms with Crippen LogP contribution in [0.5, 0.6) is 0 Å². The van der Waals surface area contributed by atoms with E-state index < -0.39 is 0 Å². The Balaban J connectivity index is 2.02. The van der Waals surface area contributed by atoms with Crippen molar-refractivity contribution < 1.29 is 4.79 Å². The summed E-state index contributed by atoms with van der Waals surface area (Å²) in [5, 5.41) is 12.9. The standard InChI is InChI=1S/C16H20Cl2N4OS/c1-9(2)15-20-21-16(22(15)10(3)4)24-8-14(23)19-11-5-6-12(17)13(18)7-11/h5-7,9-10H,8H2,1-4H3,(H,19,23).